The number of rotatable bonds is 1. The van der Waals surface area contributed by atoms with Crippen LogP contribution in [0.2, 0.25) is 0 Å². The fraction of sp³-hybridized carbons (Fsp3) is 1.00. The molecule has 1 heterocycles. The van der Waals surface area contributed by atoms with E-state index in [1.807, 2.05) is 4.90 Å². The van der Waals surface area contributed by atoms with Crippen LogP contribution in [0.5, 0.6) is 0 Å². The van der Waals surface area contributed by atoms with Crippen LogP contribution in [0.25, 0.3) is 0 Å². The highest BCUT2D eigenvalue weighted by atomic mass is 19.4. The van der Waals surface area contributed by atoms with Gasteiger partial charge < -0.3 is 4.90 Å². The Morgan fingerprint density at radius 2 is 2.08 bits per heavy atom. The summed E-state index contributed by atoms with van der Waals surface area (Å²) in [6, 6.07) is 0. The number of halogens is 3. The van der Waals surface area contributed by atoms with Gasteiger partial charge in [0.25, 0.3) is 0 Å². The van der Waals surface area contributed by atoms with E-state index in [4.69, 9.17) is 0 Å². The number of ether oxygens (including phenoxy) is 1. The van der Waals surface area contributed by atoms with Gasteiger partial charge in [0.05, 0.1) is 6.10 Å². The lowest BCUT2D eigenvalue weighted by Gasteiger charge is -2.29. The zero-order chi connectivity index (χ0) is 9.19. The molecule has 0 N–H and O–H groups in total. The maximum absolute atomic E-state index is 11.7. The number of likely N-dealkylation sites (N-methyl/N-ethyl adjacent to an activating group) is 1. The van der Waals surface area contributed by atoms with Crippen molar-refractivity contribution in [3.63, 3.8) is 0 Å². The number of hydrogen-bond donors (Lipinski definition) is 0. The largest absolute Gasteiger partial charge is 0.522 e. The molecule has 0 aromatic heterocycles. The van der Waals surface area contributed by atoms with E-state index in [1.165, 1.54) is 0 Å². The molecule has 1 rings (SSSR count). The molecule has 1 aliphatic heterocycles. The van der Waals surface area contributed by atoms with E-state index in [0.29, 0.717) is 13.0 Å². The molecule has 5 heteroatoms. The van der Waals surface area contributed by atoms with Crippen molar-refractivity contribution in [3.05, 3.63) is 0 Å². The minimum absolute atomic E-state index is 0.375. The normalized spacial score (nSPS) is 27.5. The van der Waals surface area contributed by atoms with Crippen molar-refractivity contribution >= 4 is 0 Å². The summed E-state index contributed by atoms with van der Waals surface area (Å²) in [5.74, 6) is 0. The first-order chi connectivity index (χ1) is 5.47. The summed E-state index contributed by atoms with van der Waals surface area (Å²) >= 11 is 0. The summed E-state index contributed by atoms with van der Waals surface area (Å²) in [6.07, 6.45) is -3.88. The molecule has 0 aromatic rings. The second-order valence-corrected chi connectivity index (χ2v) is 3.09. The lowest BCUT2D eigenvalue weighted by molar-refractivity contribution is -0.345. The summed E-state index contributed by atoms with van der Waals surface area (Å²) in [5.41, 5.74) is 0. The van der Waals surface area contributed by atoms with E-state index >= 15 is 0 Å². The second kappa shape index (κ2) is 3.62. The van der Waals surface area contributed by atoms with Crippen molar-refractivity contribution in [2.24, 2.45) is 0 Å². The van der Waals surface area contributed by atoms with Crippen LogP contribution in [0.1, 0.15) is 12.8 Å². The summed E-state index contributed by atoms with van der Waals surface area (Å²) in [7, 11) is 1.80. The number of likely N-dealkylation sites (tertiary alicyclic amines) is 1. The van der Waals surface area contributed by atoms with Gasteiger partial charge in [0.15, 0.2) is 0 Å². The molecule has 0 saturated carbocycles. The zero-order valence-corrected chi connectivity index (χ0v) is 6.90. The van der Waals surface area contributed by atoms with Gasteiger partial charge in [-0.1, -0.05) is 0 Å². The lowest BCUT2D eigenvalue weighted by Crippen LogP contribution is -2.39. The molecule has 0 aliphatic carbocycles. The van der Waals surface area contributed by atoms with Crippen LogP contribution in [-0.4, -0.2) is 37.5 Å². The Hall–Kier alpha value is -0.290. The summed E-state index contributed by atoms with van der Waals surface area (Å²) in [4.78, 5) is 1.85. The molecule has 0 aromatic carbocycles. The van der Waals surface area contributed by atoms with Crippen LogP contribution in [0.3, 0.4) is 0 Å². The first kappa shape index (κ1) is 9.80. The highest BCUT2D eigenvalue weighted by molar-refractivity contribution is 4.70. The summed E-state index contributed by atoms with van der Waals surface area (Å²) in [6.45, 7) is 1.23. The average Bonchev–Trinajstić information content (AvgIpc) is 1.82. The molecule has 2 nitrogen and oxygen atoms in total. The Kier molecular flexibility index (Phi) is 2.95. The van der Waals surface area contributed by atoms with Crippen molar-refractivity contribution in [1.82, 2.24) is 4.90 Å². The molecular weight excluding hydrogens is 171 g/mol. The minimum Gasteiger partial charge on any atom is -0.304 e. The Morgan fingerprint density at radius 3 is 2.58 bits per heavy atom. The number of alkyl halides is 3. The van der Waals surface area contributed by atoms with Gasteiger partial charge in [-0.15, -0.1) is 13.2 Å². The number of piperidine rings is 1. The van der Waals surface area contributed by atoms with E-state index in [0.717, 1.165) is 13.0 Å². The van der Waals surface area contributed by atoms with E-state index < -0.39 is 12.5 Å². The van der Waals surface area contributed by atoms with Gasteiger partial charge in [0, 0.05) is 6.54 Å². The molecule has 1 unspecified atom stereocenters. The van der Waals surface area contributed by atoms with Crippen molar-refractivity contribution in [1.29, 1.82) is 0 Å². The van der Waals surface area contributed by atoms with Crippen molar-refractivity contribution in [2.75, 3.05) is 20.1 Å². The topological polar surface area (TPSA) is 12.5 Å². The lowest BCUT2D eigenvalue weighted by atomic mass is 10.1. The van der Waals surface area contributed by atoms with Gasteiger partial charge >= 0.3 is 6.36 Å². The summed E-state index contributed by atoms with van der Waals surface area (Å²) < 4.78 is 39.1. The van der Waals surface area contributed by atoms with Gasteiger partial charge in [-0.2, -0.15) is 0 Å². The molecule has 1 saturated heterocycles. The van der Waals surface area contributed by atoms with Crippen LogP contribution >= 0.6 is 0 Å². The van der Waals surface area contributed by atoms with Gasteiger partial charge in [-0.25, -0.2) is 0 Å². The third kappa shape index (κ3) is 3.40. The van der Waals surface area contributed by atoms with Crippen LogP contribution < -0.4 is 0 Å². The molecule has 72 valence electrons. The van der Waals surface area contributed by atoms with Crippen LogP contribution in [0.15, 0.2) is 0 Å². The molecule has 12 heavy (non-hydrogen) atoms. The Morgan fingerprint density at radius 1 is 1.42 bits per heavy atom. The van der Waals surface area contributed by atoms with E-state index in [-0.39, 0.29) is 0 Å². The van der Waals surface area contributed by atoms with E-state index in [9.17, 15) is 13.2 Å². The first-order valence-electron chi connectivity index (χ1n) is 3.90. The standard InChI is InChI=1S/C7H12F3NO/c1-11-4-2-3-6(5-11)12-7(8,9)10/h6H,2-5H2,1H3. The molecule has 1 fully saturated rings. The molecule has 1 atom stereocenters. The predicted octanol–water partition coefficient (Wildman–Crippen LogP) is 1.62. The van der Waals surface area contributed by atoms with Crippen molar-refractivity contribution in [2.45, 2.75) is 25.3 Å². The molecule has 0 radical (unpaired) electrons. The van der Waals surface area contributed by atoms with Gasteiger partial charge in [0.1, 0.15) is 0 Å². The highest BCUT2D eigenvalue weighted by Gasteiger charge is 2.34. The monoisotopic (exact) mass is 183 g/mol. The van der Waals surface area contributed by atoms with E-state index in [1.54, 1.807) is 7.05 Å². The van der Waals surface area contributed by atoms with Crippen LogP contribution in [0.4, 0.5) is 13.2 Å². The van der Waals surface area contributed by atoms with Gasteiger partial charge in [0.2, 0.25) is 0 Å². The quantitative estimate of drug-likeness (QED) is 0.612. The number of nitrogens with zero attached hydrogens (tertiary/aromatic N) is 1. The Balaban J connectivity index is 2.32. The van der Waals surface area contributed by atoms with Gasteiger partial charge in [-0.3, -0.25) is 4.74 Å². The van der Waals surface area contributed by atoms with Crippen molar-refractivity contribution < 1.29 is 17.9 Å². The van der Waals surface area contributed by atoms with Crippen LogP contribution in [0, 0.1) is 0 Å². The highest BCUT2D eigenvalue weighted by Crippen LogP contribution is 2.23. The second-order valence-electron chi connectivity index (χ2n) is 3.09. The predicted molar refractivity (Wildman–Crippen MR) is 37.7 cm³/mol. The molecule has 0 amide bonds. The molecule has 1 aliphatic rings. The Labute approximate surface area is 69.3 Å². The fourth-order valence-corrected chi connectivity index (χ4v) is 1.40. The minimum atomic E-state index is -4.48. The smallest absolute Gasteiger partial charge is 0.304 e. The fourth-order valence-electron chi connectivity index (χ4n) is 1.40. The van der Waals surface area contributed by atoms with Gasteiger partial charge in [-0.05, 0) is 26.4 Å². The summed E-state index contributed by atoms with van der Waals surface area (Å²) in [5, 5.41) is 0. The van der Waals surface area contributed by atoms with Crippen molar-refractivity contribution in [3.8, 4) is 0 Å². The number of hydrogen-bond acceptors (Lipinski definition) is 2. The Bertz CT molecular complexity index is 148. The van der Waals surface area contributed by atoms with E-state index in [2.05, 4.69) is 4.74 Å². The third-order valence-corrected chi connectivity index (χ3v) is 1.88. The average molecular weight is 183 g/mol. The molecule has 0 spiro atoms. The SMILES string of the molecule is CN1CCCC(OC(F)(F)F)C1. The zero-order valence-electron chi connectivity index (χ0n) is 6.90. The molecule has 0 bridgehead atoms. The van der Waals surface area contributed by atoms with Crippen LogP contribution in [-0.2, 0) is 4.74 Å². The molecular formula is C7H12F3NO. The maximum Gasteiger partial charge on any atom is 0.522 e. The first-order valence-corrected chi connectivity index (χ1v) is 3.90. The third-order valence-electron chi connectivity index (χ3n) is 1.88. The maximum atomic E-state index is 11.7.